The van der Waals surface area contributed by atoms with Crippen LogP contribution in [0, 0.1) is 11.8 Å². The highest BCUT2D eigenvalue weighted by Gasteiger charge is 2.26. The average molecular weight is 274 g/mol. The number of aromatic nitrogens is 1. The van der Waals surface area contributed by atoms with Crippen molar-refractivity contribution in [3.63, 3.8) is 0 Å². The lowest BCUT2D eigenvalue weighted by Crippen LogP contribution is -2.37. The number of hydrogen-bond acceptors (Lipinski definition) is 2. The fourth-order valence-electron chi connectivity index (χ4n) is 3.51. The second-order valence-corrected chi connectivity index (χ2v) is 6.30. The van der Waals surface area contributed by atoms with E-state index < -0.39 is 0 Å². The van der Waals surface area contributed by atoms with Gasteiger partial charge in [0.1, 0.15) is 0 Å². The summed E-state index contributed by atoms with van der Waals surface area (Å²) in [6.45, 7) is 4.51. The van der Waals surface area contributed by atoms with Gasteiger partial charge in [-0.25, -0.2) is 0 Å². The maximum absolute atomic E-state index is 4.62. The highest BCUT2D eigenvalue weighted by atomic mass is 14.9. The van der Waals surface area contributed by atoms with Crippen molar-refractivity contribution in [2.75, 3.05) is 7.05 Å². The molecule has 0 aromatic carbocycles. The summed E-state index contributed by atoms with van der Waals surface area (Å²) in [5.74, 6) is 1.81. The molecule has 0 aliphatic heterocycles. The molecule has 2 rings (SSSR count). The van der Waals surface area contributed by atoms with Crippen LogP contribution in [0.25, 0.3) is 0 Å². The Morgan fingerprint density at radius 3 is 2.45 bits per heavy atom. The van der Waals surface area contributed by atoms with Gasteiger partial charge < -0.3 is 5.32 Å². The van der Waals surface area contributed by atoms with Gasteiger partial charge in [0, 0.05) is 24.4 Å². The number of pyridine rings is 1. The molecule has 1 aromatic heterocycles. The fourth-order valence-corrected chi connectivity index (χ4v) is 3.51. The van der Waals surface area contributed by atoms with Crippen LogP contribution in [0.1, 0.15) is 57.2 Å². The van der Waals surface area contributed by atoms with E-state index in [1.54, 1.807) is 0 Å². The van der Waals surface area contributed by atoms with E-state index in [0.29, 0.717) is 6.04 Å². The van der Waals surface area contributed by atoms with Crippen molar-refractivity contribution in [1.82, 2.24) is 10.3 Å². The summed E-state index contributed by atoms with van der Waals surface area (Å²) in [7, 11) is 2.11. The largest absolute Gasteiger partial charge is 0.316 e. The molecule has 1 atom stereocenters. The highest BCUT2D eigenvalue weighted by molar-refractivity contribution is 5.14. The molecule has 112 valence electrons. The van der Waals surface area contributed by atoms with Crippen LogP contribution in [-0.2, 0) is 12.8 Å². The van der Waals surface area contributed by atoms with Crippen LogP contribution in [0.4, 0.5) is 0 Å². The topological polar surface area (TPSA) is 24.9 Å². The third-order valence-corrected chi connectivity index (χ3v) is 5.13. The average Bonchev–Trinajstić information content (AvgIpc) is 2.53. The van der Waals surface area contributed by atoms with Crippen LogP contribution in [0.5, 0.6) is 0 Å². The van der Waals surface area contributed by atoms with Gasteiger partial charge in [-0.15, -0.1) is 0 Å². The zero-order valence-electron chi connectivity index (χ0n) is 13.4. The lowest BCUT2D eigenvalue weighted by Gasteiger charge is -2.33. The molecule has 1 unspecified atom stereocenters. The first-order valence-corrected chi connectivity index (χ1v) is 8.37. The normalized spacial score (nSPS) is 24.6. The quantitative estimate of drug-likeness (QED) is 0.848. The summed E-state index contributed by atoms with van der Waals surface area (Å²) >= 11 is 0. The molecular formula is C18H30N2. The van der Waals surface area contributed by atoms with E-state index in [4.69, 9.17) is 0 Å². The zero-order valence-corrected chi connectivity index (χ0v) is 13.4. The molecule has 0 spiro atoms. The smallest absolute Gasteiger partial charge is 0.0419 e. The molecule has 1 aliphatic rings. The molecule has 1 fully saturated rings. The van der Waals surface area contributed by atoms with Crippen molar-refractivity contribution in [3.05, 3.63) is 29.6 Å². The molecule has 1 saturated carbocycles. The van der Waals surface area contributed by atoms with Gasteiger partial charge in [0.15, 0.2) is 0 Å². The Morgan fingerprint density at radius 2 is 1.95 bits per heavy atom. The summed E-state index contributed by atoms with van der Waals surface area (Å²) in [5.41, 5.74) is 2.57. The Bertz CT molecular complexity index is 377. The summed E-state index contributed by atoms with van der Waals surface area (Å²) in [6, 6.07) is 5.02. The van der Waals surface area contributed by atoms with Crippen LogP contribution in [0.15, 0.2) is 18.3 Å². The Balaban J connectivity index is 1.91. The van der Waals surface area contributed by atoms with E-state index in [1.165, 1.54) is 43.4 Å². The van der Waals surface area contributed by atoms with E-state index in [9.17, 15) is 0 Å². The third kappa shape index (κ3) is 4.05. The Labute approximate surface area is 124 Å². The second-order valence-electron chi connectivity index (χ2n) is 6.30. The minimum atomic E-state index is 0.591. The van der Waals surface area contributed by atoms with Gasteiger partial charge in [0.2, 0.25) is 0 Å². The Morgan fingerprint density at radius 1 is 1.20 bits per heavy atom. The third-order valence-electron chi connectivity index (χ3n) is 5.13. The van der Waals surface area contributed by atoms with Crippen molar-refractivity contribution >= 4 is 0 Å². The summed E-state index contributed by atoms with van der Waals surface area (Å²) in [6.07, 6.45) is 11.1. The number of nitrogens with zero attached hydrogens (tertiary/aromatic N) is 1. The molecule has 0 amide bonds. The Kier molecular flexibility index (Phi) is 6.03. The number of likely N-dealkylation sites (N-methyl/N-ethyl adjacent to an activating group) is 1. The fraction of sp³-hybridized carbons (Fsp3) is 0.722. The predicted octanol–water partition coefficient (Wildman–Crippen LogP) is 3.99. The molecule has 0 radical (unpaired) electrons. The molecule has 0 saturated heterocycles. The summed E-state index contributed by atoms with van der Waals surface area (Å²) in [5, 5.41) is 3.54. The molecule has 2 nitrogen and oxygen atoms in total. The van der Waals surface area contributed by atoms with Gasteiger partial charge >= 0.3 is 0 Å². The van der Waals surface area contributed by atoms with Crippen molar-refractivity contribution in [1.29, 1.82) is 0 Å². The summed E-state index contributed by atoms with van der Waals surface area (Å²) < 4.78 is 0. The van der Waals surface area contributed by atoms with Gasteiger partial charge in [0.05, 0.1) is 0 Å². The number of nitrogens with one attached hydrogen (secondary N) is 1. The lowest BCUT2D eigenvalue weighted by molar-refractivity contribution is 0.221. The SMILES string of the molecule is CCc1ccc(CC(NC)C2CCC(CC)CC2)nc1. The molecule has 1 aromatic rings. The van der Waals surface area contributed by atoms with Gasteiger partial charge in [-0.1, -0.05) is 39.2 Å². The van der Waals surface area contributed by atoms with Gasteiger partial charge in [0.25, 0.3) is 0 Å². The van der Waals surface area contributed by atoms with Crippen molar-refractivity contribution in [2.24, 2.45) is 11.8 Å². The number of rotatable bonds is 6. The first kappa shape index (κ1) is 15.5. The molecular weight excluding hydrogens is 244 g/mol. The number of aryl methyl sites for hydroxylation is 1. The maximum Gasteiger partial charge on any atom is 0.0419 e. The van der Waals surface area contributed by atoms with E-state index >= 15 is 0 Å². The standard InChI is InChI=1S/C18H30N2/c1-4-14-6-9-16(10-7-14)18(19-3)12-17-11-8-15(5-2)13-20-17/h8,11,13-14,16,18-19H,4-7,9-10,12H2,1-3H3. The predicted molar refractivity (Wildman–Crippen MR) is 85.9 cm³/mol. The number of hydrogen-bond donors (Lipinski definition) is 1. The van der Waals surface area contributed by atoms with Crippen LogP contribution in [0.3, 0.4) is 0 Å². The molecule has 2 heteroatoms. The monoisotopic (exact) mass is 274 g/mol. The van der Waals surface area contributed by atoms with Gasteiger partial charge in [-0.05, 0) is 49.8 Å². The van der Waals surface area contributed by atoms with E-state index in [-0.39, 0.29) is 0 Å². The lowest BCUT2D eigenvalue weighted by atomic mass is 9.76. The van der Waals surface area contributed by atoms with Gasteiger partial charge in [-0.2, -0.15) is 0 Å². The molecule has 1 heterocycles. The first-order valence-electron chi connectivity index (χ1n) is 8.37. The molecule has 0 bridgehead atoms. The van der Waals surface area contributed by atoms with Crippen LogP contribution in [-0.4, -0.2) is 18.1 Å². The van der Waals surface area contributed by atoms with Crippen molar-refractivity contribution < 1.29 is 0 Å². The van der Waals surface area contributed by atoms with Crippen molar-refractivity contribution in [2.45, 2.75) is 64.8 Å². The zero-order chi connectivity index (χ0) is 14.4. The van der Waals surface area contributed by atoms with Gasteiger partial charge in [-0.3, -0.25) is 4.98 Å². The summed E-state index contributed by atoms with van der Waals surface area (Å²) in [4.78, 5) is 4.62. The van der Waals surface area contributed by atoms with Crippen LogP contribution >= 0.6 is 0 Å². The maximum atomic E-state index is 4.62. The molecule has 20 heavy (non-hydrogen) atoms. The van der Waals surface area contributed by atoms with Crippen LogP contribution in [0.2, 0.25) is 0 Å². The van der Waals surface area contributed by atoms with E-state index in [0.717, 1.165) is 24.7 Å². The second kappa shape index (κ2) is 7.78. The van der Waals surface area contributed by atoms with Crippen molar-refractivity contribution in [3.8, 4) is 0 Å². The first-order chi connectivity index (χ1) is 9.76. The molecule has 1 N–H and O–H groups in total. The van der Waals surface area contributed by atoms with E-state index in [2.05, 4.69) is 43.3 Å². The van der Waals surface area contributed by atoms with Crippen LogP contribution < -0.4 is 5.32 Å². The minimum Gasteiger partial charge on any atom is -0.316 e. The highest BCUT2D eigenvalue weighted by Crippen LogP contribution is 2.33. The van der Waals surface area contributed by atoms with E-state index in [1.807, 2.05) is 6.20 Å². The molecule has 1 aliphatic carbocycles. The Hall–Kier alpha value is -0.890. The minimum absolute atomic E-state index is 0.591.